The quantitative estimate of drug-likeness (QED) is 0.551. The number of rotatable bonds is 11. The molecular formula is C13H27NO2. The Hall–Kier alpha value is -0.120. The monoisotopic (exact) mass is 229 g/mol. The Morgan fingerprint density at radius 1 is 1.19 bits per heavy atom. The second kappa shape index (κ2) is 8.97. The number of hydrogen-bond donors (Lipinski definition) is 1. The molecule has 0 saturated heterocycles. The van der Waals surface area contributed by atoms with Crippen molar-refractivity contribution in [1.29, 1.82) is 0 Å². The summed E-state index contributed by atoms with van der Waals surface area (Å²) in [5.74, 6) is 0.785. The van der Waals surface area contributed by atoms with Crippen molar-refractivity contribution in [3.05, 3.63) is 0 Å². The Kier molecular flexibility index (Phi) is 7.81. The first kappa shape index (κ1) is 13.9. The van der Waals surface area contributed by atoms with Gasteiger partial charge in [0.15, 0.2) is 0 Å². The third-order valence-electron chi connectivity index (χ3n) is 3.07. The van der Waals surface area contributed by atoms with E-state index in [9.17, 15) is 0 Å². The zero-order valence-electron chi connectivity index (χ0n) is 10.8. The SMILES string of the molecule is CCCC(CCOCCOC)CNC1CC1. The third kappa shape index (κ3) is 7.20. The van der Waals surface area contributed by atoms with E-state index in [2.05, 4.69) is 12.2 Å². The molecule has 1 rings (SSSR count). The van der Waals surface area contributed by atoms with E-state index in [0.29, 0.717) is 6.61 Å². The smallest absolute Gasteiger partial charge is 0.0700 e. The Balaban J connectivity index is 1.97. The minimum absolute atomic E-state index is 0.707. The normalized spacial score (nSPS) is 17.6. The minimum atomic E-state index is 0.707. The van der Waals surface area contributed by atoms with Crippen LogP contribution in [-0.4, -0.2) is 39.5 Å². The van der Waals surface area contributed by atoms with Crippen molar-refractivity contribution in [3.8, 4) is 0 Å². The molecular weight excluding hydrogens is 202 g/mol. The van der Waals surface area contributed by atoms with E-state index in [4.69, 9.17) is 9.47 Å². The predicted molar refractivity (Wildman–Crippen MR) is 66.7 cm³/mol. The van der Waals surface area contributed by atoms with Crippen molar-refractivity contribution in [2.75, 3.05) is 33.5 Å². The Morgan fingerprint density at radius 2 is 2.00 bits per heavy atom. The highest BCUT2D eigenvalue weighted by molar-refractivity contribution is 4.81. The average Bonchev–Trinajstić information content (AvgIpc) is 3.09. The summed E-state index contributed by atoms with van der Waals surface area (Å²) in [6.07, 6.45) is 6.52. The van der Waals surface area contributed by atoms with Gasteiger partial charge in [0.05, 0.1) is 13.2 Å². The summed E-state index contributed by atoms with van der Waals surface area (Å²) in [5.41, 5.74) is 0. The number of ether oxygens (including phenoxy) is 2. The van der Waals surface area contributed by atoms with E-state index in [-0.39, 0.29) is 0 Å². The van der Waals surface area contributed by atoms with E-state index < -0.39 is 0 Å². The molecule has 0 radical (unpaired) electrons. The van der Waals surface area contributed by atoms with Gasteiger partial charge in [-0.1, -0.05) is 13.3 Å². The molecule has 0 aromatic carbocycles. The topological polar surface area (TPSA) is 30.5 Å². The lowest BCUT2D eigenvalue weighted by Crippen LogP contribution is -2.25. The molecule has 1 unspecified atom stereocenters. The molecule has 0 bridgehead atoms. The van der Waals surface area contributed by atoms with Crippen molar-refractivity contribution in [2.24, 2.45) is 5.92 Å². The summed E-state index contributed by atoms with van der Waals surface area (Å²) < 4.78 is 10.5. The molecule has 1 aliphatic rings. The molecule has 1 fully saturated rings. The molecule has 0 amide bonds. The lowest BCUT2D eigenvalue weighted by Gasteiger charge is -2.16. The second-order valence-corrected chi connectivity index (χ2v) is 4.73. The Labute approximate surface area is 99.9 Å². The molecule has 16 heavy (non-hydrogen) atoms. The highest BCUT2D eigenvalue weighted by Gasteiger charge is 2.21. The first-order chi connectivity index (χ1) is 7.86. The van der Waals surface area contributed by atoms with Crippen LogP contribution >= 0.6 is 0 Å². The maximum atomic E-state index is 5.52. The molecule has 0 aromatic rings. The zero-order valence-corrected chi connectivity index (χ0v) is 10.8. The van der Waals surface area contributed by atoms with E-state index in [1.54, 1.807) is 7.11 Å². The number of methoxy groups -OCH3 is 1. The lowest BCUT2D eigenvalue weighted by atomic mass is 10.0. The van der Waals surface area contributed by atoms with Gasteiger partial charge in [-0.15, -0.1) is 0 Å². The van der Waals surface area contributed by atoms with Crippen LogP contribution in [0, 0.1) is 5.92 Å². The van der Waals surface area contributed by atoms with Crippen LogP contribution in [0.1, 0.15) is 39.0 Å². The van der Waals surface area contributed by atoms with Gasteiger partial charge in [0.2, 0.25) is 0 Å². The molecule has 0 heterocycles. The second-order valence-electron chi connectivity index (χ2n) is 4.73. The van der Waals surface area contributed by atoms with Crippen molar-refractivity contribution < 1.29 is 9.47 Å². The predicted octanol–water partition coefficient (Wildman–Crippen LogP) is 2.21. The third-order valence-corrected chi connectivity index (χ3v) is 3.07. The van der Waals surface area contributed by atoms with Gasteiger partial charge in [0.1, 0.15) is 0 Å². The van der Waals surface area contributed by atoms with Crippen molar-refractivity contribution >= 4 is 0 Å². The fourth-order valence-corrected chi connectivity index (χ4v) is 1.87. The van der Waals surface area contributed by atoms with Gasteiger partial charge in [0, 0.05) is 19.8 Å². The maximum absolute atomic E-state index is 5.52. The largest absolute Gasteiger partial charge is 0.382 e. The molecule has 0 spiro atoms. The van der Waals surface area contributed by atoms with Crippen LogP contribution < -0.4 is 5.32 Å². The van der Waals surface area contributed by atoms with E-state index in [0.717, 1.165) is 25.2 Å². The molecule has 0 aromatic heterocycles. The molecule has 0 aliphatic heterocycles. The van der Waals surface area contributed by atoms with Crippen LogP contribution in [0.2, 0.25) is 0 Å². The highest BCUT2D eigenvalue weighted by Crippen LogP contribution is 2.20. The zero-order chi connectivity index (χ0) is 11.6. The molecule has 1 saturated carbocycles. The summed E-state index contributed by atoms with van der Waals surface area (Å²) in [4.78, 5) is 0. The molecule has 96 valence electrons. The van der Waals surface area contributed by atoms with E-state index in [1.807, 2.05) is 0 Å². The van der Waals surface area contributed by atoms with E-state index in [1.165, 1.54) is 38.6 Å². The van der Waals surface area contributed by atoms with Crippen LogP contribution in [0.4, 0.5) is 0 Å². The van der Waals surface area contributed by atoms with E-state index >= 15 is 0 Å². The Morgan fingerprint density at radius 3 is 2.62 bits per heavy atom. The fourth-order valence-electron chi connectivity index (χ4n) is 1.87. The standard InChI is InChI=1S/C13H27NO2/c1-3-4-12(11-14-13-5-6-13)7-8-16-10-9-15-2/h12-14H,3-11H2,1-2H3. The first-order valence-corrected chi connectivity index (χ1v) is 6.66. The fraction of sp³-hybridized carbons (Fsp3) is 1.00. The summed E-state index contributed by atoms with van der Waals surface area (Å²) in [6.45, 7) is 5.74. The van der Waals surface area contributed by atoms with Gasteiger partial charge in [-0.25, -0.2) is 0 Å². The minimum Gasteiger partial charge on any atom is -0.382 e. The number of nitrogens with one attached hydrogen (secondary N) is 1. The highest BCUT2D eigenvalue weighted by atomic mass is 16.5. The van der Waals surface area contributed by atoms with Crippen molar-refractivity contribution in [1.82, 2.24) is 5.32 Å². The molecule has 3 nitrogen and oxygen atoms in total. The first-order valence-electron chi connectivity index (χ1n) is 6.66. The van der Waals surface area contributed by atoms with Crippen molar-refractivity contribution in [3.63, 3.8) is 0 Å². The number of hydrogen-bond acceptors (Lipinski definition) is 3. The van der Waals surface area contributed by atoms with Gasteiger partial charge in [0.25, 0.3) is 0 Å². The summed E-state index contributed by atoms with van der Waals surface area (Å²) in [6, 6.07) is 0.828. The van der Waals surface area contributed by atoms with Crippen LogP contribution in [0.25, 0.3) is 0 Å². The van der Waals surface area contributed by atoms with Gasteiger partial charge < -0.3 is 14.8 Å². The van der Waals surface area contributed by atoms with Crippen LogP contribution in [0.3, 0.4) is 0 Å². The maximum Gasteiger partial charge on any atom is 0.0700 e. The van der Waals surface area contributed by atoms with Gasteiger partial charge in [-0.05, 0) is 38.1 Å². The molecule has 3 heteroatoms. The van der Waals surface area contributed by atoms with Gasteiger partial charge in [-0.2, -0.15) is 0 Å². The Bertz CT molecular complexity index is 160. The summed E-state index contributed by atoms with van der Waals surface area (Å²) >= 11 is 0. The summed E-state index contributed by atoms with van der Waals surface area (Å²) in [7, 11) is 1.71. The molecule has 1 atom stereocenters. The van der Waals surface area contributed by atoms with Gasteiger partial charge in [-0.3, -0.25) is 0 Å². The van der Waals surface area contributed by atoms with Crippen LogP contribution in [0.5, 0.6) is 0 Å². The van der Waals surface area contributed by atoms with Crippen LogP contribution in [-0.2, 0) is 9.47 Å². The van der Waals surface area contributed by atoms with Gasteiger partial charge >= 0.3 is 0 Å². The lowest BCUT2D eigenvalue weighted by molar-refractivity contribution is 0.0630. The van der Waals surface area contributed by atoms with Crippen LogP contribution in [0.15, 0.2) is 0 Å². The van der Waals surface area contributed by atoms with Crippen molar-refractivity contribution in [2.45, 2.75) is 45.1 Å². The molecule has 1 aliphatic carbocycles. The molecule has 1 N–H and O–H groups in total. The summed E-state index contributed by atoms with van der Waals surface area (Å²) in [5, 5.41) is 3.61. The average molecular weight is 229 g/mol.